The van der Waals surface area contributed by atoms with Gasteiger partial charge in [0.05, 0.1) is 0 Å². The Balaban J connectivity index is 1.90. The molecule has 0 unspecified atom stereocenters. The summed E-state index contributed by atoms with van der Waals surface area (Å²) >= 11 is -2.21. The van der Waals surface area contributed by atoms with Crippen molar-refractivity contribution in [2.24, 2.45) is 0 Å². The van der Waals surface area contributed by atoms with Crippen molar-refractivity contribution in [3.63, 3.8) is 0 Å². The fraction of sp³-hybridized carbons (Fsp3) is 0. The zero-order chi connectivity index (χ0) is 13.2. The van der Waals surface area contributed by atoms with Crippen LogP contribution in [-0.4, -0.2) is 5.97 Å². The average Bonchev–Trinajstić information content (AvgIpc) is 2.76. The van der Waals surface area contributed by atoms with Gasteiger partial charge in [0.2, 0.25) is 0 Å². The molecule has 0 atom stereocenters. The van der Waals surface area contributed by atoms with E-state index in [1.54, 1.807) is 18.2 Å². The molecule has 0 N–H and O–H groups in total. The van der Waals surface area contributed by atoms with Crippen LogP contribution in [0.3, 0.4) is 0 Å². The molecule has 3 rings (SSSR count). The maximum absolute atomic E-state index is 12.8. The van der Waals surface area contributed by atoms with E-state index in [9.17, 15) is 9.18 Å². The molecule has 0 radical (unpaired) electrons. The Kier molecular flexibility index (Phi) is 3.22. The fourth-order valence-electron chi connectivity index (χ4n) is 1.63. The van der Waals surface area contributed by atoms with Gasteiger partial charge in [0.1, 0.15) is 0 Å². The fourth-order valence-corrected chi connectivity index (χ4v) is 4.92. The summed E-state index contributed by atoms with van der Waals surface area (Å²) in [7, 11) is 0. The van der Waals surface area contributed by atoms with Gasteiger partial charge in [-0.3, -0.25) is 0 Å². The first-order valence-electron chi connectivity index (χ1n) is 5.53. The van der Waals surface area contributed by atoms with E-state index in [0.717, 1.165) is 9.13 Å². The monoisotopic (exact) mass is 366 g/mol. The summed E-state index contributed by atoms with van der Waals surface area (Å²) in [6.07, 6.45) is 0. The van der Waals surface area contributed by atoms with Crippen LogP contribution in [0.25, 0.3) is 0 Å². The predicted octanol–water partition coefficient (Wildman–Crippen LogP) is 3.60. The number of halogens is 2. The van der Waals surface area contributed by atoms with Gasteiger partial charge in [-0.1, -0.05) is 0 Å². The molecule has 0 saturated carbocycles. The van der Waals surface area contributed by atoms with E-state index in [1.807, 2.05) is 18.2 Å². The molecule has 0 amide bonds. The van der Waals surface area contributed by atoms with Gasteiger partial charge in [-0.05, 0) is 0 Å². The minimum absolute atomic E-state index is 0.283. The first kappa shape index (κ1) is 12.2. The molecule has 1 aliphatic rings. The molecular formula is C15H8FIO2. The third-order valence-corrected chi connectivity index (χ3v) is 6.14. The normalized spacial score (nSPS) is 14.4. The molecule has 1 aliphatic heterocycles. The molecular weight excluding hydrogens is 358 g/mol. The third-order valence-electron chi connectivity index (χ3n) is 2.55. The van der Waals surface area contributed by atoms with Crippen LogP contribution in [0.2, 0.25) is 0 Å². The number of rotatable bonds is 0. The van der Waals surface area contributed by atoms with E-state index < -0.39 is 20.2 Å². The molecule has 4 heteroatoms. The van der Waals surface area contributed by atoms with Crippen molar-refractivity contribution >= 4 is 26.2 Å². The Morgan fingerprint density at radius 1 is 1.05 bits per heavy atom. The minimum atomic E-state index is -2.21. The predicted molar refractivity (Wildman–Crippen MR) is 77.9 cm³/mol. The molecule has 2 nitrogen and oxygen atoms in total. The first-order valence-corrected chi connectivity index (χ1v) is 8.57. The molecule has 0 saturated heterocycles. The van der Waals surface area contributed by atoms with Crippen molar-refractivity contribution in [3.8, 4) is 9.85 Å². The molecule has 0 spiro atoms. The van der Waals surface area contributed by atoms with Gasteiger partial charge in [0, 0.05) is 0 Å². The van der Waals surface area contributed by atoms with Gasteiger partial charge in [-0.25, -0.2) is 0 Å². The number of carbonyl (C=O) groups is 1. The van der Waals surface area contributed by atoms with Crippen molar-refractivity contribution in [2.75, 3.05) is 0 Å². The van der Waals surface area contributed by atoms with E-state index in [-0.39, 0.29) is 11.8 Å². The number of benzene rings is 2. The Bertz CT molecular complexity index is 698. The van der Waals surface area contributed by atoms with Crippen molar-refractivity contribution in [1.82, 2.24) is 0 Å². The quantitative estimate of drug-likeness (QED) is 0.526. The van der Waals surface area contributed by atoms with Gasteiger partial charge in [-0.15, -0.1) is 0 Å². The van der Waals surface area contributed by atoms with Crippen molar-refractivity contribution < 1.29 is 12.3 Å². The molecule has 0 aromatic heterocycles. The van der Waals surface area contributed by atoms with Crippen molar-refractivity contribution in [2.45, 2.75) is 0 Å². The molecule has 2 aromatic carbocycles. The van der Waals surface area contributed by atoms with Crippen LogP contribution in [0.15, 0.2) is 48.5 Å². The van der Waals surface area contributed by atoms with E-state index in [2.05, 4.69) is 9.85 Å². The summed E-state index contributed by atoms with van der Waals surface area (Å²) in [5.41, 5.74) is 1.35. The zero-order valence-electron chi connectivity index (χ0n) is 9.69. The molecule has 0 bridgehead atoms. The summed E-state index contributed by atoms with van der Waals surface area (Å²) in [4.78, 5) is 11.6. The molecule has 94 valence electrons. The second kappa shape index (κ2) is 5.02. The molecule has 1 heterocycles. The standard InChI is InChI=1S/C15H8FIO2/c16-12-7-5-11(6-8-12)9-10-17-14-4-2-1-3-13(14)15(18)19-17/h1-8H. The van der Waals surface area contributed by atoms with Gasteiger partial charge in [0.25, 0.3) is 0 Å². The van der Waals surface area contributed by atoms with E-state index in [1.165, 1.54) is 12.1 Å². The number of hydrogen-bond acceptors (Lipinski definition) is 2. The van der Waals surface area contributed by atoms with Crippen LogP contribution >= 0.6 is 20.2 Å². The van der Waals surface area contributed by atoms with Gasteiger partial charge < -0.3 is 0 Å². The van der Waals surface area contributed by atoms with Crippen LogP contribution in [0.1, 0.15) is 15.9 Å². The topological polar surface area (TPSA) is 26.3 Å². The first-order chi connectivity index (χ1) is 9.24. The van der Waals surface area contributed by atoms with E-state index in [4.69, 9.17) is 3.07 Å². The summed E-state index contributed by atoms with van der Waals surface area (Å²) in [5.74, 6) is 2.38. The SMILES string of the molecule is O=C1OI(C#Cc2ccc(F)cc2)c2ccccc21. The Hall–Kier alpha value is -1.87. The van der Waals surface area contributed by atoms with Crippen molar-refractivity contribution in [1.29, 1.82) is 0 Å². The van der Waals surface area contributed by atoms with E-state index >= 15 is 0 Å². The van der Waals surface area contributed by atoms with Crippen LogP contribution in [-0.2, 0) is 3.07 Å². The molecule has 2 aromatic rings. The Morgan fingerprint density at radius 2 is 1.79 bits per heavy atom. The maximum atomic E-state index is 12.8. The zero-order valence-corrected chi connectivity index (χ0v) is 11.8. The van der Waals surface area contributed by atoms with Gasteiger partial charge in [-0.2, -0.15) is 0 Å². The van der Waals surface area contributed by atoms with Crippen LogP contribution in [0, 0.1) is 19.2 Å². The molecule has 19 heavy (non-hydrogen) atoms. The Labute approximate surface area is 117 Å². The third kappa shape index (κ3) is 2.47. The summed E-state index contributed by atoms with van der Waals surface area (Å²) in [6.45, 7) is 0. The molecule has 0 aliphatic carbocycles. The van der Waals surface area contributed by atoms with E-state index in [0.29, 0.717) is 5.56 Å². The summed E-state index contributed by atoms with van der Waals surface area (Å²) in [5, 5.41) is 0. The summed E-state index contributed by atoms with van der Waals surface area (Å²) < 4.78 is 22.1. The molecule has 0 fully saturated rings. The average molecular weight is 366 g/mol. The van der Waals surface area contributed by atoms with Crippen molar-refractivity contribution in [3.05, 3.63) is 69.0 Å². The Morgan fingerprint density at radius 3 is 2.58 bits per heavy atom. The number of hydrogen-bond donors (Lipinski definition) is 0. The number of carbonyl (C=O) groups excluding carboxylic acids is 1. The van der Waals surface area contributed by atoms with Crippen LogP contribution in [0.4, 0.5) is 4.39 Å². The van der Waals surface area contributed by atoms with Gasteiger partial charge >= 0.3 is 117 Å². The number of fused-ring (bicyclic) bond motifs is 1. The summed E-state index contributed by atoms with van der Waals surface area (Å²) in [6, 6.07) is 13.3. The second-order valence-corrected chi connectivity index (χ2v) is 7.38. The van der Waals surface area contributed by atoms with Crippen LogP contribution < -0.4 is 0 Å². The second-order valence-electron chi connectivity index (χ2n) is 3.82. The van der Waals surface area contributed by atoms with Gasteiger partial charge in [0.15, 0.2) is 0 Å². The van der Waals surface area contributed by atoms with Crippen LogP contribution in [0.5, 0.6) is 0 Å².